The molecule has 0 saturated carbocycles. The number of ketones is 1. The first-order valence-electron chi connectivity index (χ1n) is 5.30. The number of hydrogen-bond donors (Lipinski definition) is 0. The lowest BCUT2D eigenvalue weighted by Crippen LogP contribution is -2.29. The average molecular weight is 240 g/mol. The SMILES string of the molecule is CCCS(=O)(=O)C(C)C(=O)c1ccccc1. The lowest BCUT2D eigenvalue weighted by Gasteiger charge is -2.10. The molecule has 0 aromatic heterocycles. The molecule has 1 atom stereocenters. The van der Waals surface area contributed by atoms with Crippen molar-refractivity contribution in [1.82, 2.24) is 0 Å². The van der Waals surface area contributed by atoms with Crippen molar-refractivity contribution in [3.05, 3.63) is 35.9 Å². The molecule has 0 heterocycles. The Balaban J connectivity index is 2.92. The van der Waals surface area contributed by atoms with E-state index in [0.717, 1.165) is 0 Å². The van der Waals surface area contributed by atoms with Gasteiger partial charge in [-0.3, -0.25) is 4.79 Å². The average Bonchev–Trinajstić information content (AvgIpc) is 2.28. The summed E-state index contributed by atoms with van der Waals surface area (Å²) in [4.78, 5) is 11.9. The first kappa shape index (κ1) is 12.9. The first-order chi connectivity index (χ1) is 7.49. The third-order valence-electron chi connectivity index (χ3n) is 2.45. The van der Waals surface area contributed by atoms with Crippen LogP contribution in [0.25, 0.3) is 0 Å². The summed E-state index contributed by atoms with van der Waals surface area (Å²) in [6.07, 6.45) is 0.536. The van der Waals surface area contributed by atoms with Gasteiger partial charge in [0.2, 0.25) is 0 Å². The van der Waals surface area contributed by atoms with Gasteiger partial charge in [0.05, 0.1) is 5.75 Å². The maximum Gasteiger partial charge on any atom is 0.180 e. The predicted octanol–water partition coefficient (Wildman–Crippen LogP) is 2.08. The summed E-state index contributed by atoms with van der Waals surface area (Å²) in [5.74, 6) is -0.263. The number of Topliss-reactive ketones (excluding diaryl/α,β-unsaturated/α-hetero) is 1. The summed E-state index contributed by atoms with van der Waals surface area (Å²) in [6, 6.07) is 8.53. The van der Waals surface area contributed by atoms with Gasteiger partial charge in [-0.15, -0.1) is 0 Å². The van der Waals surface area contributed by atoms with Crippen molar-refractivity contribution in [2.75, 3.05) is 5.75 Å². The van der Waals surface area contributed by atoms with Gasteiger partial charge in [0.1, 0.15) is 5.25 Å². The van der Waals surface area contributed by atoms with Gasteiger partial charge >= 0.3 is 0 Å². The highest BCUT2D eigenvalue weighted by atomic mass is 32.2. The van der Waals surface area contributed by atoms with Gasteiger partial charge < -0.3 is 0 Å². The van der Waals surface area contributed by atoms with E-state index in [0.29, 0.717) is 12.0 Å². The van der Waals surface area contributed by atoms with E-state index in [2.05, 4.69) is 0 Å². The molecule has 0 aliphatic heterocycles. The molecule has 88 valence electrons. The molecule has 0 aliphatic carbocycles. The molecule has 0 saturated heterocycles. The van der Waals surface area contributed by atoms with Gasteiger partial charge in [-0.05, 0) is 13.3 Å². The third kappa shape index (κ3) is 2.92. The summed E-state index contributed by atoms with van der Waals surface area (Å²) in [5, 5.41) is -0.949. The lowest BCUT2D eigenvalue weighted by atomic mass is 10.1. The van der Waals surface area contributed by atoms with Crippen LogP contribution in [0.4, 0.5) is 0 Å². The van der Waals surface area contributed by atoms with Crippen LogP contribution in [0.3, 0.4) is 0 Å². The highest BCUT2D eigenvalue weighted by molar-refractivity contribution is 7.92. The standard InChI is InChI=1S/C12H16O3S/c1-3-9-16(14,15)10(2)12(13)11-7-5-4-6-8-11/h4-8,10H,3,9H2,1-2H3. The molecular formula is C12H16O3S. The Morgan fingerprint density at radius 2 is 1.81 bits per heavy atom. The second-order valence-corrected chi connectivity index (χ2v) is 6.18. The van der Waals surface area contributed by atoms with Gasteiger partial charge in [-0.1, -0.05) is 37.3 Å². The molecule has 0 radical (unpaired) electrons. The fraction of sp³-hybridized carbons (Fsp3) is 0.417. The fourth-order valence-electron chi connectivity index (χ4n) is 1.46. The molecule has 0 amide bonds. The van der Waals surface area contributed by atoms with Crippen molar-refractivity contribution < 1.29 is 13.2 Å². The van der Waals surface area contributed by atoms with Gasteiger partial charge in [0.25, 0.3) is 0 Å². The highest BCUT2D eigenvalue weighted by Crippen LogP contribution is 2.11. The minimum absolute atomic E-state index is 0.0622. The smallest absolute Gasteiger partial charge is 0.180 e. The molecule has 1 aromatic rings. The number of rotatable bonds is 5. The Hall–Kier alpha value is -1.16. The van der Waals surface area contributed by atoms with Crippen molar-refractivity contribution in [3.8, 4) is 0 Å². The van der Waals surface area contributed by atoms with Crippen LogP contribution < -0.4 is 0 Å². The molecule has 0 N–H and O–H groups in total. The minimum atomic E-state index is -3.31. The zero-order chi connectivity index (χ0) is 12.2. The molecule has 16 heavy (non-hydrogen) atoms. The number of carbonyl (C=O) groups is 1. The van der Waals surface area contributed by atoms with Crippen molar-refractivity contribution >= 4 is 15.6 Å². The summed E-state index contributed by atoms with van der Waals surface area (Å²) in [6.45, 7) is 3.25. The van der Waals surface area contributed by atoms with Crippen molar-refractivity contribution in [3.63, 3.8) is 0 Å². The van der Waals surface area contributed by atoms with Crippen molar-refractivity contribution in [2.24, 2.45) is 0 Å². The fourth-order valence-corrected chi connectivity index (χ4v) is 2.85. The summed E-state index contributed by atoms with van der Waals surface area (Å²) in [5.41, 5.74) is 0.453. The summed E-state index contributed by atoms with van der Waals surface area (Å²) >= 11 is 0. The molecule has 4 heteroatoms. The highest BCUT2D eigenvalue weighted by Gasteiger charge is 2.27. The van der Waals surface area contributed by atoms with E-state index in [1.54, 1.807) is 37.3 Å². The topological polar surface area (TPSA) is 51.2 Å². The number of carbonyl (C=O) groups excluding carboxylic acids is 1. The van der Waals surface area contributed by atoms with E-state index in [1.165, 1.54) is 6.92 Å². The monoisotopic (exact) mass is 240 g/mol. The van der Waals surface area contributed by atoms with Gasteiger partial charge in [0.15, 0.2) is 15.6 Å². The number of hydrogen-bond acceptors (Lipinski definition) is 3. The lowest BCUT2D eigenvalue weighted by molar-refractivity contribution is 0.0991. The summed E-state index contributed by atoms with van der Waals surface area (Å²) in [7, 11) is -3.31. The van der Waals surface area contributed by atoms with E-state index in [4.69, 9.17) is 0 Å². The molecule has 1 rings (SSSR count). The van der Waals surface area contributed by atoms with Crippen molar-refractivity contribution in [1.29, 1.82) is 0 Å². The van der Waals surface area contributed by atoms with E-state index in [-0.39, 0.29) is 11.5 Å². The van der Waals surface area contributed by atoms with Gasteiger partial charge in [-0.25, -0.2) is 8.42 Å². The molecule has 1 aromatic carbocycles. The van der Waals surface area contributed by atoms with Crippen LogP contribution in [0.5, 0.6) is 0 Å². The second kappa shape index (κ2) is 5.25. The molecule has 1 unspecified atom stereocenters. The van der Waals surface area contributed by atoms with E-state index in [1.807, 2.05) is 0 Å². The molecule has 3 nitrogen and oxygen atoms in total. The van der Waals surface area contributed by atoms with E-state index < -0.39 is 15.1 Å². The van der Waals surface area contributed by atoms with Crippen LogP contribution in [0, 0.1) is 0 Å². The molecular weight excluding hydrogens is 224 g/mol. The zero-order valence-electron chi connectivity index (χ0n) is 9.51. The van der Waals surface area contributed by atoms with E-state index in [9.17, 15) is 13.2 Å². The van der Waals surface area contributed by atoms with Gasteiger partial charge in [-0.2, -0.15) is 0 Å². The molecule has 0 bridgehead atoms. The summed E-state index contributed by atoms with van der Waals surface area (Å²) < 4.78 is 23.4. The second-order valence-electron chi connectivity index (χ2n) is 3.74. The molecule has 0 aliphatic rings. The molecule has 0 fully saturated rings. The number of sulfone groups is 1. The van der Waals surface area contributed by atoms with Crippen LogP contribution in [0.1, 0.15) is 30.6 Å². The first-order valence-corrected chi connectivity index (χ1v) is 7.01. The Morgan fingerprint density at radius 1 is 1.25 bits per heavy atom. The minimum Gasteiger partial charge on any atom is -0.293 e. The number of benzene rings is 1. The van der Waals surface area contributed by atoms with E-state index >= 15 is 0 Å². The van der Waals surface area contributed by atoms with Crippen molar-refractivity contribution in [2.45, 2.75) is 25.5 Å². The third-order valence-corrected chi connectivity index (χ3v) is 4.72. The van der Waals surface area contributed by atoms with Crippen LogP contribution in [0.2, 0.25) is 0 Å². The van der Waals surface area contributed by atoms with Crippen LogP contribution >= 0.6 is 0 Å². The predicted molar refractivity (Wildman–Crippen MR) is 64.3 cm³/mol. The molecule has 0 spiro atoms. The Labute approximate surface area is 96.4 Å². The zero-order valence-corrected chi connectivity index (χ0v) is 10.3. The Bertz CT molecular complexity index is 448. The maximum absolute atomic E-state index is 11.9. The Morgan fingerprint density at radius 3 is 2.31 bits per heavy atom. The largest absolute Gasteiger partial charge is 0.293 e. The van der Waals surface area contributed by atoms with Crippen LogP contribution in [-0.2, 0) is 9.84 Å². The normalized spacial score (nSPS) is 13.4. The quantitative estimate of drug-likeness (QED) is 0.740. The van der Waals surface area contributed by atoms with Crippen LogP contribution in [0.15, 0.2) is 30.3 Å². The van der Waals surface area contributed by atoms with Gasteiger partial charge in [0, 0.05) is 5.56 Å². The Kier molecular flexibility index (Phi) is 4.24. The maximum atomic E-state index is 11.9. The van der Waals surface area contributed by atoms with Crippen LogP contribution in [-0.4, -0.2) is 25.2 Å².